The fourth-order valence-corrected chi connectivity index (χ4v) is 1.77. The lowest BCUT2D eigenvalue weighted by atomic mass is 10.1. The molecule has 2 aromatic rings. The van der Waals surface area contributed by atoms with Crippen LogP contribution in [0, 0.1) is 0 Å². The molecule has 5 heteroatoms. The molecule has 0 fully saturated rings. The predicted octanol–water partition coefficient (Wildman–Crippen LogP) is 1.67. The van der Waals surface area contributed by atoms with Gasteiger partial charge in [-0.15, -0.1) is 0 Å². The number of amides is 1. The molecule has 0 atom stereocenters. The molecule has 19 heavy (non-hydrogen) atoms. The minimum atomic E-state index is -0.281. The summed E-state index contributed by atoms with van der Waals surface area (Å²) in [4.78, 5) is 19.9. The zero-order chi connectivity index (χ0) is 13.7. The van der Waals surface area contributed by atoms with Gasteiger partial charge in [-0.2, -0.15) is 0 Å². The molecule has 0 aromatic carbocycles. The van der Waals surface area contributed by atoms with E-state index in [9.17, 15) is 9.90 Å². The highest BCUT2D eigenvalue weighted by Gasteiger charge is 2.08. The summed E-state index contributed by atoms with van der Waals surface area (Å²) in [6.45, 7) is 2.40. The Morgan fingerprint density at radius 3 is 3.00 bits per heavy atom. The largest absolute Gasteiger partial charge is 0.506 e. The molecule has 2 N–H and O–H groups in total. The van der Waals surface area contributed by atoms with Gasteiger partial charge in [0.2, 0.25) is 0 Å². The Kier molecular flexibility index (Phi) is 4.07. The Morgan fingerprint density at radius 2 is 2.26 bits per heavy atom. The number of aromatic nitrogens is 2. The van der Waals surface area contributed by atoms with Crippen LogP contribution in [0.5, 0.6) is 5.75 Å². The van der Waals surface area contributed by atoms with E-state index in [1.165, 1.54) is 18.5 Å². The Labute approximate surface area is 111 Å². The molecular weight excluding hydrogens is 242 g/mol. The fraction of sp³-hybridized carbons (Fsp3) is 0.214. The van der Waals surface area contributed by atoms with Crippen molar-refractivity contribution in [1.29, 1.82) is 0 Å². The molecule has 2 aromatic heterocycles. The Hall–Kier alpha value is -2.43. The average molecular weight is 257 g/mol. The number of nitrogens with zero attached hydrogens (tertiary/aromatic N) is 2. The van der Waals surface area contributed by atoms with E-state index in [1.807, 2.05) is 19.1 Å². The van der Waals surface area contributed by atoms with Gasteiger partial charge in [-0.05, 0) is 24.1 Å². The summed E-state index contributed by atoms with van der Waals surface area (Å²) in [5, 5.41) is 12.0. The lowest BCUT2D eigenvalue weighted by Gasteiger charge is -2.08. The highest BCUT2D eigenvalue weighted by atomic mass is 16.3. The fourth-order valence-electron chi connectivity index (χ4n) is 1.77. The number of nitrogens with one attached hydrogen (secondary N) is 1. The molecule has 0 aliphatic heterocycles. The maximum absolute atomic E-state index is 11.9. The molecule has 5 nitrogen and oxygen atoms in total. The smallest absolute Gasteiger partial charge is 0.253 e. The summed E-state index contributed by atoms with van der Waals surface area (Å²) in [6.07, 6.45) is 5.27. The quantitative estimate of drug-likeness (QED) is 0.873. The van der Waals surface area contributed by atoms with Crippen molar-refractivity contribution >= 4 is 5.91 Å². The van der Waals surface area contributed by atoms with Gasteiger partial charge in [0, 0.05) is 12.4 Å². The van der Waals surface area contributed by atoms with Crippen LogP contribution in [0.3, 0.4) is 0 Å². The van der Waals surface area contributed by atoms with E-state index in [2.05, 4.69) is 15.3 Å². The van der Waals surface area contributed by atoms with E-state index in [4.69, 9.17) is 0 Å². The standard InChI is InChI=1S/C14H15N3O2/c1-2-10-4-3-5-16-13(10)9-17-14(19)11-6-12(18)8-15-7-11/h3-8,18H,2,9H2,1H3,(H,17,19). The molecule has 1 amide bonds. The van der Waals surface area contributed by atoms with E-state index in [0.717, 1.165) is 17.7 Å². The summed E-state index contributed by atoms with van der Waals surface area (Å²) in [5.41, 5.74) is 2.29. The molecular formula is C14H15N3O2. The minimum absolute atomic E-state index is 0.0280. The third-order valence-corrected chi connectivity index (χ3v) is 2.77. The monoisotopic (exact) mass is 257 g/mol. The first-order valence-corrected chi connectivity index (χ1v) is 6.05. The number of pyridine rings is 2. The number of aryl methyl sites for hydroxylation is 1. The van der Waals surface area contributed by atoms with Gasteiger partial charge in [0.1, 0.15) is 5.75 Å². The number of rotatable bonds is 4. The van der Waals surface area contributed by atoms with Crippen molar-refractivity contribution < 1.29 is 9.90 Å². The van der Waals surface area contributed by atoms with Crippen LogP contribution in [0.2, 0.25) is 0 Å². The van der Waals surface area contributed by atoms with Crippen LogP contribution < -0.4 is 5.32 Å². The summed E-state index contributed by atoms with van der Waals surface area (Å²) in [5.74, 6) is -0.309. The first-order chi connectivity index (χ1) is 9.20. The molecule has 0 spiro atoms. The van der Waals surface area contributed by atoms with E-state index in [1.54, 1.807) is 6.20 Å². The second-order valence-electron chi connectivity index (χ2n) is 4.08. The molecule has 0 unspecified atom stereocenters. The molecule has 0 aliphatic rings. The van der Waals surface area contributed by atoms with Crippen molar-refractivity contribution in [1.82, 2.24) is 15.3 Å². The highest BCUT2D eigenvalue weighted by molar-refractivity contribution is 5.94. The molecule has 2 rings (SSSR count). The van der Waals surface area contributed by atoms with E-state index >= 15 is 0 Å². The van der Waals surface area contributed by atoms with Crippen molar-refractivity contribution in [3.63, 3.8) is 0 Å². The van der Waals surface area contributed by atoms with Crippen LogP contribution in [0.25, 0.3) is 0 Å². The predicted molar refractivity (Wildman–Crippen MR) is 70.7 cm³/mol. The van der Waals surface area contributed by atoms with Crippen LogP contribution in [0.1, 0.15) is 28.5 Å². The lowest BCUT2D eigenvalue weighted by Crippen LogP contribution is -2.24. The maximum atomic E-state index is 11.9. The lowest BCUT2D eigenvalue weighted by molar-refractivity contribution is 0.0949. The summed E-state index contributed by atoms with van der Waals surface area (Å²) in [6, 6.07) is 5.25. The third-order valence-electron chi connectivity index (χ3n) is 2.77. The van der Waals surface area contributed by atoms with Crippen molar-refractivity contribution in [3.05, 3.63) is 53.6 Å². The van der Waals surface area contributed by atoms with Gasteiger partial charge < -0.3 is 10.4 Å². The van der Waals surface area contributed by atoms with Gasteiger partial charge in [0.05, 0.1) is 24.0 Å². The van der Waals surface area contributed by atoms with E-state index in [-0.39, 0.29) is 11.7 Å². The number of aromatic hydroxyl groups is 1. The summed E-state index contributed by atoms with van der Waals surface area (Å²) >= 11 is 0. The molecule has 2 heterocycles. The summed E-state index contributed by atoms with van der Waals surface area (Å²) < 4.78 is 0. The molecule has 0 aliphatic carbocycles. The molecule has 0 radical (unpaired) electrons. The minimum Gasteiger partial charge on any atom is -0.506 e. The van der Waals surface area contributed by atoms with Crippen LogP contribution >= 0.6 is 0 Å². The second kappa shape index (κ2) is 5.95. The van der Waals surface area contributed by atoms with Crippen LogP contribution in [0.4, 0.5) is 0 Å². The average Bonchev–Trinajstić information content (AvgIpc) is 2.45. The van der Waals surface area contributed by atoms with Crippen LogP contribution in [-0.2, 0) is 13.0 Å². The van der Waals surface area contributed by atoms with Crippen LogP contribution in [0.15, 0.2) is 36.8 Å². The van der Waals surface area contributed by atoms with Gasteiger partial charge in [-0.1, -0.05) is 13.0 Å². The normalized spacial score (nSPS) is 10.2. The van der Waals surface area contributed by atoms with Gasteiger partial charge in [0.15, 0.2) is 0 Å². The number of hydrogen-bond acceptors (Lipinski definition) is 4. The van der Waals surface area contributed by atoms with Crippen molar-refractivity contribution in [3.8, 4) is 5.75 Å². The number of carbonyl (C=O) groups is 1. The van der Waals surface area contributed by atoms with Crippen molar-refractivity contribution in [2.45, 2.75) is 19.9 Å². The third kappa shape index (κ3) is 3.28. The van der Waals surface area contributed by atoms with E-state index in [0.29, 0.717) is 12.1 Å². The SMILES string of the molecule is CCc1cccnc1CNC(=O)c1cncc(O)c1. The van der Waals surface area contributed by atoms with Crippen molar-refractivity contribution in [2.24, 2.45) is 0 Å². The maximum Gasteiger partial charge on any atom is 0.253 e. The Balaban J connectivity index is 2.04. The second-order valence-corrected chi connectivity index (χ2v) is 4.08. The Morgan fingerprint density at radius 1 is 1.42 bits per heavy atom. The topological polar surface area (TPSA) is 75.1 Å². The number of carbonyl (C=O) groups excluding carboxylic acids is 1. The van der Waals surface area contributed by atoms with Gasteiger partial charge >= 0.3 is 0 Å². The first kappa shape index (κ1) is 13.0. The molecule has 0 saturated heterocycles. The zero-order valence-electron chi connectivity index (χ0n) is 10.6. The van der Waals surface area contributed by atoms with E-state index < -0.39 is 0 Å². The highest BCUT2D eigenvalue weighted by Crippen LogP contribution is 2.09. The van der Waals surface area contributed by atoms with Crippen LogP contribution in [-0.4, -0.2) is 21.0 Å². The summed E-state index contributed by atoms with van der Waals surface area (Å²) in [7, 11) is 0. The molecule has 0 bridgehead atoms. The van der Waals surface area contributed by atoms with Gasteiger partial charge in [0.25, 0.3) is 5.91 Å². The molecule has 0 saturated carbocycles. The number of hydrogen-bond donors (Lipinski definition) is 2. The first-order valence-electron chi connectivity index (χ1n) is 6.05. The zero-order valence-corrected chi connectivity index (χ0v) is 10.6. The Bertz CT molecular complexity index is 584. The van der Waals surface area contributed by atoms with Crippen molar-refractivity contribution in [2.75, 3.05) is 0 Å². The van der Waals surface area contributed by atoms with Gasteiger partial charge in [-0.3, -0.25) is 14.8 Å². The molecule has 98 valence electrons. The van der Waals surface area contributed by atoms with Gasteiger partial charge in [-0.25, -0.2) is 0 Å².